The third kappa shape index (κ3) is 2.50. The van der Waals surface area contributed by atoms with E-state index >= 15 is 0 Å². The van der Waals surface area contributed by atoms with E-state index in [0.717, 1.165) is 16.5 Å². The summed E-state index contributed by atoms with van der Waals surface area (Å²) in [5.41, 5.74) is 6.63. The SMILES string of the molecule is CSc1nc(N)nc(Nc2cccc3ccccc23)n1. The van der Waals surface area contributed by atoms with Crippen LogP contribution in [0.5, 0.6) is 0 Å². The largest absolute Gasteiger partial charge is 0.368 e. The number of thioether (sulfide) groups is 1. The number of rotatable bonds is 3. The molecule has 6 heteroatoms. The predicted octanol–water partition coefficient (Wildman–Crippen LogP) is 3.07. The van der Waals surface area contributed by atoms with Gasteiger partial charge in [0.1, 0.15) is 0 Å². The first-order chi connectivity index (χ1) is 9.76. The highest BCUT2D eigenvalue weighted by atomic mass is 32.2. The highest BCUT2D eigenvalue weighted by Crippen LogP contribution is 2.25. The number of nitrogen functional groups attached to an aromatic ring is 1. The number of hydrogen-bond acceptors (Lipinski definition) is 6. The van der Waals surface area contributed by atoms with Gasteiger partial charge in [-0.2, -0.15) is 15.0 Å². The quantitative estimate of drug-likeness (QED) is 0.719. The normalized spacial score (nSPS) is 10.7. The second kappa shape index (κ2) is 5.34. The van der Waals surface area contributed by atoms with Gasteiger partial charge in [0.15, 0.2) is 5.16 Å². The summed E-state index contributed by atoms with van der Waals surface area (Å²) in [4.78, 5) is 12.5. The van der Waals surface area contributed by atoms with Crippen molar-refractivity contribution >= 4 is 40.1 Å². The van der Waals surface area contributed by atoms with Gasteiger partial charge < -0.3 is 11.1 Å². The fraction of sp³-hybridized carbons (Fsp3) is 0.0714. The minimum absolute atomic E-state index is 0.215. The number of hydrogen-bond donors (Lipinski definition) is 2. The summed E-state index contributed by atoms with van der Waals surface area (Å²) in [7, 11) is 0. The van der Waals surface area contributed by atoms with E-state index < -0.39 is 0 Å². The Kier molecular flexibility index (Phi) is 3.39. The molecule has 1 aromatic heterocycles. The van der Waals surface area contributed by atoms with Crippen molar-refractivity contribution in [3.63, 3.8) is 0 Å². The molecule has 100 valence electrons. The summed E-state index contributed by atoms with van der Waals surface area (Å²) >= 11 is 1.43. The third-order valence-electron chi connectivity index (χ3n) is 2.85. The van der Waals surface area contributed by atoms with Gasteiger partial charge in [0.05, 0.1) is 0 Å². The minimum Gasteiger partial charge on any atom is -0.368 e. The van der Waals surface area contributed by atoms with Gasteiger partial charge in [-0.3, -0.25) is 0 Å². The van der Waals surface area contributed by atoms with Crippen molar-refractivity contribution in [2.45, 2.75) is 5.16 Å². The van der Waals surface area contributed by atoms with Crippen LogP contribution >= 0.6 is 11.8 Å². The van der Waals surface area contributed by atoms with Crippen molar-refractivity contribution in [1.82, 2.24) is 15.0 Å². The van der Waals surface area contributed by atoms with Crippen LogP contribution in [-0.4, -0.2) is 21.2 Å². The van der Waals surface area contributed by atoms with Crippen LogP contribution < -0.4 is 11.1 Å². The van der Waals surface area contributed by atoms with Crippen molar-refractivity contribution in [2.75, 3.05) is 17.3 Å². The maximum Gasteiger partial charge on any atom is 0.233 e. The maximum atomic E-state index is 5.69. The van der Waals surface area contributed by atoms with E-state index in [9.17, 15) is 0 Å². The topological polar surface area (TPSA) is 76.7 Å². The third-order valence-corrected chi connectivity index (χ3v) is 3.40. The molecule has 0 bridgehead atoms. The molecule has 0 spiro atoms. The molecule has 2 aromatic carbocycles. The number of anilines is 3. The monoisotopic (exact) mass is 283 g/mol. The maximum absolute atomic E-state index is 5.69. The molecule has 0 atom stereocenters. The van der Waals surface area contributed by atoms with E-state index in [4.69, 9.17) is 5.73 Å². The van der Waals surface area contributed by atoms with Crippen LogP contribution in [0.1, 0.15) is 0 Å². The first-order valence-electron chi connectivity index (χ1n) is 6.06. The Morgan fingerprint density at radius 2 is 1.80 bits per heavy atom. The Morgan fingerprint density at radius 3 is 2.65 bits per heavy atom. The molecule has 0 aliphatic carbocycles. The zero-order valence-electron chi connectivity index (χ0n) is 10.9. The zero-order chi connectivity index (χ0) is 13.9. The molecule has 0 aliphatic rings. The second-order valence-electron chi connectivity index (χ2n) is 4.16. The number of nitrogens with two attached hydrogens (primary N) is 1. The molecular formula is C14H13N5S. The first-order valence-corrected chi connectivity index (χ1v) is 7.29. The van der Waals surface area contributed by atoms with Gasteiger partial charge in [-0.05, 0) is 17.7 Å². The Labute approximate surface area is 120 Å². The fourth-order valence-corrected chi connectivity index (χ4v) is 2.34. The van der Waals surface area contributed by atoms with Crippen molar-refractivity contribution in [3.8, 4) is 0 Å². The Morgan fingerprint density at radius 1 is 1.00 bits per heavy atom. The van der Waals surface area contributed by atoms with E-state index in [1.807, 2.05) is 30.5 Å². The minimum atomic E-state index is 0.215. The van der Waals surface area contributed by atoms with Gasteiger partial charge in [0.25, 0.3) is 0 Å². The van der Waals surface area contributed by atoms with Crippen LogP contribution in [0.15, 0.2) is 47.6 Å². The molecule has 3 N–H and O–H groups in total. The lowest BCUT2D eigenvalue weighted by atomic mass is 10.1. The van der Waals surface area contributed by atoms with E-state index in [2.05, 4.69) is 38.5 Å². The molecule has 20 heavy (non-hydrogen) atoms. The Hall–Kier alpha value is -2.34. The molecule has 0 amide bonds. The standard InChI is InChI=1S/C14H13N5S/c1-20-14-18-12(15)17-13(19-14)16-11-8-4-6-9-5-2-3-7-10(9)11/h2-8H,1H3,(H3,15,16,17,18,19). The Bertz CT molecular complexity index is 754. The smallest absolute Gasteiger partial charge is 0.233 e. The van der Waals surface area contributed by atoms with Crippen LogP contribution in [0.4, 0.5) is 17.6 Å². The summed E-state index contributed by atoms with van der Waals surface area (Å²) in [5.74, 6) is 0.672. The number of nitrogens with zero attached hydrogens (tertiary/aromatic N) is 3. The van der Waals surface area contributed by atoms with Crippen molar-refractivity contribution in [3.05, 3.63) is 42.5 Å². The highest BCUT2D eigenvalue weighted by Gasteiger charge is 2.06. The predicted molar refractivity (Wildman–Crippen MR) is 83.3 cm³/mol. The average Bonchev–Trinajstić information content (AvgIpc) is 2.47. The molecule has 0 unspecified atom stereocenters. The van der Waals surface area contributed by atoms with E-state index in [0.29, 0.717) is 11.1 Å². The van der Waals surface area contributed by atoms with Gasteiger partial charge in [0.2, 0.25) is 11.9 Å². The molecule has 0 aliphatic heterocycles. The second-order valence-corrected chi connectivity index (χ2v) is 4.93. The fourth-order valence-electron chi connectivity index (χ4n) is 1.97. The lowest BCUT2D eigenvalue weighted by Crippen LogP contribution is -2.04. The molecule has 0 fully saturated rings. The van der Waals surface area contributed by atoms with Crippen molar-refractivity contribution in [1.29, 1.82) is 0 Å². The molecular weight excluding hydrogens is 270 g/mol. The van der Waals surface area contributed by atoms with E-state index in [-0.39, 0.29) is 5.95 Å². The molecule has 3 rings (SSSR count). The summed E-state index contributed by atoms with van der Waals surface area (Å²) < 4.78 is 0. The number of fused-ring (bicyclic) bond motifs is 1. The molecule has 1 heterocycles. The highest BCUT2D eigenvalue weighted by molar-refractivity contribution is 7.98. The average molecular weight is 283 g/mol. The first kappa shape index (κ1) is 12.7. The van der Waals surface area contributed by atoms with E-state index in [1.165, 1.54) is 11.8 Å². The summed E-state index contributed by atoms with van der Waals surface area (Å²) in [6.07, 6.45) is 1.90. The lowest BCUT2D eigenvalue weighted by molar-refractivity contribution is 0.927. The van der Waals surface area contributed by atoms with E-state index in [1.54, 1.807) is 0 Å². The molecule has 5 nitrogen and oxygen atoms in total. The molecule has 0 saturated heterocycles. The lowest BCUT2D eigenvalue weighted by Gasteiger charge is -2.09. The molecule has 0 radical (unpaired) electrons. The van der Waals surface area contributed by atoms with Crippen LogP contribution in [0, 0.1) is 0 Å². The Balaban J connectivity index is 2.03. The van der Waals surface area contributed by atoms with Gasteiger partial charge in [0, 0.05) is 11.1 Å². The van der Waals surface area contributed by atoms with Gasteiger partial charge in [-0.1, -0.05) is 48.2 Å². The summed E-state index contributed by atoms with van der Waals surface area (Å²) in [5, 5.41) is 6.07. The van der Waals surface area contributed by atoms with Crippen LogP contribution in [0.3, 0.4) is 0 Å². The van der Waals surface area contributed by atoms with Crippen molar-refractivity contribution in [2.24, 2.45) is 0 Å². The van der Waals surface area contributed by atoms with Gasteiger partial charge >= 0.3 is 0 Å². The van der Waals surface area contributed by atoms with Crippen molar-refractivity contribution < 1.29 is 0 Å². The summed E-state index contributed by atoms with van der Waals surface area (Å²) in [6, 6.07) is 14.2. The number of benzene rings is 2. The van der Waals surface area contributed by atoms with Gasteiger partial charge in [-0.15, -0.1) is 0 Å². The van der Waals surface area contributed by atoms with Crippen LogP contribution in [0.2, 0.25) is 0 Å². The van der Waals surface area contributed by atoms with Gasteiger partial charge in [-0.25, -0.2) is 0 Å². The summed E-state index contributed by atoms with van der Waals surface area (Å²) in [6.45, 7) is 0. The van der Waals surface area contributed by atoms with Crippen LogP contribution in [-0.2, 0) is 0 Å². The zero-order valence-corrected chi connectivity index (χ0v) is 11.7. The number of aromatic nitrogens is 3. The van der Waals surface area contributed by atoms with Crippen LogP contribution in [0.25, 0.3) is 10.8 Å². The molecule has 3 aromatic rings. The molecule has 0 saturated carbocycles. The number of nitrogens with one attached hydrogen (secondary N) is 1.